The van der Waals surface area contributed by atoms with Gasteiger partial charge in [0, 0.05) is 10.8 Å². The number of hydrogen-bond acceptors (Lipinski definition) is 3. The fraction of sp³-hybridized carbons (Fsp3) is 0.0909. The zero-order valence-corrected chi connectivity index (χ0v) is 9.45. The Hall–Kier alpha value is -1.59. The fourth-order valence-corrected chi connectivity index (χ4v) is 2.52. The summed E-state index contributed by atoms with van der Waals surface area (Å²) >= 11 is 0. The van der Waals surface area contributed by atoms with Crippen LogP contribution in [0.3, 0.4) is 0 Å². The standard InChI is InChI=1S/C11H11NO3S/c1-7-6-10(16(12,14)15)8-4-2-3-5-9(8)11(7)13/h2-6,13H,1H3,(H2,12,14,15). The van der Waals surface area contributed by atoms with Gasteiger partial charge in [0.05, 0.1) is 4.90 Å². The molecule has 5 heteroatoms. The van der Waals surface area contributed by atoms with E-state index in [4.69, 9.17) is 5.14 Å². The number of fused-ring (bicyclic) bond motifs is 1. The molecular formula is C11H11NO3S. The molecule has 0 radical (unpaired) electrons. The molecule has 0 fully saturated rings. The summed E-state index contributed by atoms with van der Waals surface area (Å²) in [5.74, 6) is 0.0861. The molecule has 0 atom stereocenters. The van der Waals surface area contributed by atoms with Gasteiger partial charge < -0.3 is 5.11 Å². The predicted octanol–water partition coefficient (Wildman–Crippen LogP) is 1.50. The summed E-state index contributed by atoms with van der Waals surface area (Å²) in [6.45, 7) is 1.64. The Morgan fingerprint density at radius 1 is 1.19 bits per heavy atom. The molecule has 0 aliphatic rings. The van der Waals surface area contributed by atoms with E-state index in [1.54, 1.807) is 31.2 Å². The van der Waals surface area contributed by atoms with E-state index in [9.17, 15) is 13.5 Å². The zero-order chi connectivity index (χ0) is 11.9. The summed E-state index contributed by atoms with van der Waals surface area (Å²) in [5.41, 5.74) is 0.489. The number of rotatable bonds is 1. The number of nitrogens with two attached hydrogens (primary N) is 1. The lowest BCUT2D eigenvalue weighted by molar-refractivity contribution is 0.477. The first-order valence-corrected chi connectivity index (χ1v) is 6.20. The maximum Gasteiger partial charge on any atom is 0.238 e. The van der Waals surface area contributed by atoms with Gasteiger partial charge in [0.15, 0.2) is 0 Å². The molecule has 0 unspecified atom stereocenters. The molecule has 0 amide bonds. The van der Waals surface area contributed by atoms with Crippen molar-refractivity contribution >= 4 is 20.8 Å². The van der Waals surface area contributed by atoms with E-state index in [0.717, 1.165) is 0 Å². The minimum absolute atomic E-state index is 0.0402. The van der Waals surface area contributed by atoms with Crippen molar-refractivity contribution in [2.75, 3.05) is 0 Å². The van der Waals surface area contributed by atoms with Crippen molar-refractivity contribution in [3.63, 3.8) is 0 Å². The summed E-state index contributed by atoms with van der Waals surface area (Å²) in [5, 5.41) is 15.9. The van der Waals surface area contributed by atoms with E-state index >= 15 is 0 Å². The summed E-state index contributed by atoms with van der Waals surface area (Å²) in [7, 11) is -3.78. The third kappa shape index (κ3) is 1.64. The highest BCUT2D eigenvalue weighted by Gasteiger charge is 2.15. The molecular weight excluding hydrogens is 226 g/mol. The maximum absolute atomic E-state index is 11.4. The van der Waals surface area contributed by atoms with Crippen molar-refractivity contribution in [3.8, 4) is 5.75 Å². The van der Waals surface area contributed by atoms with Crippen molar-refractivity contribution in [1.29, 1.82) is 0 Å². The Morgan fingerprint density at radius 2 is 1.75 bits per heavy atom. The molecule has 0 aliphatic heterocycles. The maximum atomic E-state index is 11.4. The first-order chi connectivity index (χ1) is 7.41. The molecule has 84 valence electrons. The lowest BCUT2D eigenvalue weighted by atomic mass is 10.1. The van der Waals surface area contributed by atoms with Crippen LogP contribution in [0.25, 0.3) is 10.8 Å². The molecule has 16 heavy (non-hydrogen) atoms. The highest BCUT2D eigenvalue weighted by molar-refractivity contribution is 7.89. The summed E-state index contributed by atoms with van der Waals surface area (Å²) in [6.07, 6.45) is 0. The van der Waals surface area contributed by atoms with Gasteiger partial charge in [0.25, 0.3) is 0 Å². The first kappa shape index (κ1) is 10.9. The molecule has 0 bridgehead atoms. The molecule has 0 aliphatic carbocycles. The van der Waals surface area contributed by atoms with Gasteiger partial charge in [-0.2, -0.15) is 0 Å². The van der Waals surface area contributed by atoms with Gasteiger partial charge in [0.2, 0.25) is 10.0 Å². The molecule has 2 aromatic carbocycles. The van der Waals surface area contributed by atoms with Gasteiger partial charge in [0.1, 0.15) is 5.75 Å². The topological polar surface area (TPSA) is 80.4 Å². The normalized spacial score (nSPS) is 11.9. The molecule has 4 nitrogen and oxygen atoms in total. The van der Waals surface area contributed by atoms with Crippen molar-refractivity contribution < 1.29 is 13.5 Å². The summed E-state index contributed by atoms with van der Waals surface area (Å²) in [4.78, 5) is 0.0402. The highest BCUT2D eigenvalue weighted by atomic mass is 32.2. The number of phenols is 1. The van der Waals surface area contributed by atoms with Crippen LogP contribution in [0.4, 0.5) is 0 Å². The molecule has 0 saturated carbocycles. The van der Waals surface area contributed by atoms with E-state index in [-0.39, 0.29) is 10.6 Å². The molecule has 0 aromatic heterocycles. The second kappa shape index (κ2) is 3.47. The lowest BCUT2D eigenvalue weighted by Gasteiger charge is -2.08. The number of aryl methyl sites for hydroxylation is 1. The van der Waals surface area contributed by atoms with E-state index in [0.29, 0.717) is 16.3 Å². The minimum atomic E-state index is -3.78. The van der Waals surface area contributed by atoms with Gasteiger partial charge >= 0.3 is 0 Å². The van der Waals surface area contributed by atoms with E-state index in [2.05, 4.69) is 0 Å². The second-order valence-corrected chi connectivity index (χ2v) is 5.16. The van der Waals surface area contributed by atoms with Crippen LogP contribution in [0.2, 0.25) is 0 Å². The van der Waals surface area contributed by atoms with Crippen LogP contribution in [-0.4, -0.2) is 13.5 Å². The number of sulfonamides is 1. The number of benzene rings is 2. The molecule has 2 rings (SSSR count). The quantitative estimate of drug-likeness (QED) is 0.788. The van der Waals surface area contributed by atoms with Gasteiger partial charge in [-0.15, -0.1) is 0 Å². The Bertz CT molecular complexity index is 662. The van der Waals surface area contributed by atoms with Crippen LogP contribution in [0.1, 0.15) is 5.56 Å². The molecule has 0 heterocycles. The van der Waals surface area contributed by atoms with E-state index in [1.807, 2.05) is 0 Å². The first-order valence-electron chi connectivity index (χ1n) is 4.65. The Kier molecular flexibility index (Phi) is 2.36. The number of primary sulfonamides is 1. The number of aromatic hydroxyl groups is 1. The van der Waals surface area contributed by atoms with Crippen LogP contribution >= 0.6 is 0 Å². The number of hydrogen-bond donors (Lipinski definition) is 2. The van der Waals surface area contributed by atoms with Crippen LogP contribution in [-0.2, 0) is 10.0 Å². The Labute approximate surface area is 93.4 Å². The average molecular weight is 237 g/mol. The predicted molar refractivity (Wildman–Crippen MR) is 61.7 cm³/mol. The van der Waals surface area contributed by atoms with Crippen molar-refractivity contribution in [1.82, 2.24) is 0 Å². The Balaban J connectivity index is 3.02. The highest BCUT2D eigenvalue weighted by Crippen LogP contribution is 2.32. The van der Waals surface area contributed by atoms with Crippen LogP contribution in [0, 0.1) is 6.92 Å². The van der Waals surface area contributed by atoms with E-state index < -0.39 is 10.0 Å². The summed E-state index contributed by atoms with van der Waals surface area (Å²) in [6, 6.07) is 8.09. The van der Waals surface area contributed by atoms with Gasteiger partial charge in [-0.05, 0) is 18.6 Å². The lowest BCUT2D eigenvalue weighted by Crippen LogP contribution is -2.12. The van der Waals surface area contributed by atoms with Crippen molar-refractivity contribution in [2.24, 2.45) is 5.14 Å². The largest absolute Gasteiger partial charge is 0.507 e. The van der Waals surface area contributed by atoms with Gasteiger partial charge in [-0.1, -0.05) is 24.3 Å². The van der Waals surface area contributed by atoms with Crippen LogP contribution in [0.15, 0.2) is 35.2 Å². The third-order valence-electron chi connectivity index (χ3n) is 2.48. The van der Waals surface area contributed by atoms with E-state index in [1.165, 1.54) is 6.07 Å². The van der Waals surface area contributed by atoms with Crippen molar-refractivity contribution in [3.05, 3.63) is 35.9 Å². The molecule has 0 saturated heterocycles. The molecule has 2 aromatic rings. The third-order valence-corrected chi connectivity index (χ3v) is 3.43. The van der Waals surface area contributed by atoms with Crippen molar-refractivity contribution in [2.45, 2.75) is 11.8 Å². The zero-order valence-electron chi connectivity index (χ0n) is 8.64. The SMILES string of the molecule is Cc1cc(S(N)(=O)=O)c2ccccc2c1O. The number of phenolic OH excluding ortho intramolecular Hbond substituents is 1. The minimum Gasteiger partial charge on any atom is -0.507 e. The smallest absolute Gasteiger partial charge is 0.238 e. The van der Waals surface area contributed by atoms with Crippen LogP contribution < -0.4 is 5.14 Å². The van der Waals surface area contributed by atoms with Gasteiger partial charge in [-0.25, -0.2) is 13.6 Å². The van der Waals surface area contributed by atoms with Gasteiger partial charge in [-0.3, -0.25) is 0 Å². The average Bonchev–Trinajstić information content (AvgIpc) is 2.22. The van der Waals surface area contributed by atoms with Crippen LogP contribution in [0.5, 0.6) is 5.75 Å². The summed E-state index contributed by atoms with van der Waals surface area (Å²) < 4.78 is 22.8. The monoisotopic (exact) mass is 237 g/mol. The molecule has 0 spiro atoms. The fourth-order valence-electron chi connectivity index (χ4n) is 1.70. The Morgan fingerprint density at radius 3 is 2.31 bits per heavy atom. The second-order valence-electron chi connectivity index (χ2n) is 3.63. The molecule has 3 N–H and O–H groups in total.